The van der Waals surface area contributed by atoms with Crippen LogP contribution < -0.4 is 10.6 Å². The van der Waals surface area contributed by atoms with Gasteiger partial charge in [0.05, 0.1) is 24.8 Å². The Kier molecular flexibility index (Phi) is 4.93. The molecule has 0 bridgehead atoms. The van der Waals surface area contributed by atoms with Crippen LogP contribution in [-0.2, 0) is 16.6 Å². The van der Waals surface area contributed by atoms with Crippen LogP contribution >= 0.6 is 0 Å². The fourth-order valence-corrected chi connectivity index (χ4v) is 2.21. The van der Waals surface area contributed by atoms with E-state index in [9.17, 15) is 4.79 Å². The third-order valence-corrected chi connectivity index (χ3v) is 3.24. The molecular formula is C13H22N4O2. The number of ether oxygens (including phenoxy) is 1. The molecule has 6 nitrogen and oxygen atoms in total. The van der Waals surface area contributed by atoms with E-state index in [4.69, 9.17) is 4.74 Å². The number of piperidine rings is 1. The predicted molar refractivity (Wildman–Crippen MR) is 73.0 cm³/mol. The highest BCUT2D eigenvalue weighted by Crippen LogP contribution is 2.10. The molecule has 0 aromatic carbocycles. The Morgan fingerprint density at radius 2 is 2.32 bits per heavy atom. The highest BCUT2D eigenvalue weighted by molar-refractivity contribution is 5.89. The second-order valence-electron chi connectivity index (χ2n) is 4.91. The molecule has 1 aromatic heterocycles. The molecule has 1 aliphatic heterocycles. The minimum absolute atomic E-state index is 0.0306. The molecule has 0 saturated carbocycles. The fourth-order valence-electron chi connectivity index (χ4n) is 2.21. The number of anilines is 1. The van der Waals surface area contributed by atoms with Crippen molar-refractivity contribution < 1.29 is 9.53 Å². The molecule has 1 aliphatic rings. The zero-order valence-electron chi connectivity index (χ0n) is 11.6. The van der Waals surface area contributed by atoms with Crippen LogP contribution in [0.15, 0.2) is 6.07 Å². The van der Waals surface area contributed by atoms with Crippen molar-refractivity contribution in [1.82, 2.24) is 15.1 Å². The van der Waals surface area contributed by atoms with Gasteiger partial charge in [-0.25, -0.2) is 0 Å². The van der Waals surface area contributed by atoms with Gasteiger partial charge in [-0.15, -0.1) is 0 Å². The SMILES string of the molecule is Cc1cc(NC(=O)CCOC2CCNCC2)n(C)n1. The molecule has 0 unspecified atom stereocenters. The highest BCUT2D eigenvalue weighted by atomic mass is 16.5. The van der Waals surface area contributed by atoms with Gasteiger partial charge in [-0.3, -0.25) is 9.48 Å². The molecule has 1 amide bonds. The summed E-state index contributed by atoms with van der Waals surface area (Å²) in [7, 11) is 1.81. The third-order valence-electron chi connectivity index (χ3n) is 3.24. The number of nitrogens with zero attached hydrogens (tertiary/aromatic N) is 2. The van der Waals surface area contributed by atoms with Gasteiger partial charge in [0.25, 0.3) is 0 Å². The van der Waals surface area contributed by atoms with Crippen LogP contribution in [0.4, 0.5) is 5.82 Å². The summed E-state index contributed by atoms with van der Waals surface area (Å²) in [6, 6.07) is 1.85. The maximum Gasteiger partial charge on any atom is 0.227 e. The van der Waals surface area contributed by atoms with Crippen LogP contribution in [0.3, 0.4) is 0 Å². The molecule has 2 heterocycles. The van der Waals surface area contributed by atoms with E-state index >= 15 is 0 Å². The van der Waals surface area contributed by atoms with Crippen LogP contribution in [0.5, 0.6) is 0 Å². The standard InChI is InChI=1S/C13H22N4O2/c1-10-9-12(17(2)16-10)15-13(18)5-8-19-11-3-6-14-7-4-11/h9,11,14H,3-8H2,1-2H3,(H,15,18). The van der Waals surface area contributed by atoms with E-state index in [1.807, 2.05) is 20.0 Å². The number of rotatable bonds is 5. The summed E-state index contributed by atoms with van der Waals surface area (Å²) in [6.45, 7) is 4.39. The number of aromatic nitrogens is 2. The van der Waals surface area contributed by atoms with Gasteiger partial charge in [0, 0.05) is 13.1 Å². The first-order valence-corrected chi connectivity index (χ1v) is 6.78. The molecule has 0 atom stereocenters. The third kappa shape index (κ3) is 4.33. The molecule has 0 radical (unpaired) electrons. The quantitative estimate of drug-likeness (QED) is 0.828. The van der Waals surface area contributed by atoms with Gasteiger partial charge in [0.1, 0.15) is 5.82 Å². The van der Waals surface area contributed by atoms with Gasteiger partial charge < -0.3 is 15.4 Å². The largest absolute Gasteiger partial charge is 0.378 e. The lowest BCUT2D eigenvalue weighted by molar-refractivity contribution is -0.117. The van der Waals surface area contributed by atoms with Crippen LogP contribution in [0.1, 0.15) is 25.0 Å². The number of aryl methyl sites for hydroxylation is 2. The maximum atomic E-state index is 11.8. The Morgan fingerprint density at radius 1 is 1.58 bits per heavy atom. The lowest BCUT2D eigenvalue weighted by Crippen LogP contribution is -2.33. The molecule has 2 N–H and O–H groups in total. The Morgan fingerprint density at radius 3 is 2.95 bits per heavy atom. The molecule has 2 rings (SSSR count). The first-order chi connectivity index (χ1) is 9.15. The Labute approximate surface area is 113 Å². The van der Waals surface area contributed by atoms with E-state index in [-0.39, 0.29) is 5.91 Å². The number of carbonyl (C=O) groups is 1. The monoisotopic (exact) mass is 266 g/mol. The summed E-state index contributed by atoms with van der Waals surface area (Å²) < 4.78 is 7.37. The molecule has 1 aromatic rings. The first-order valence-electron chi connectivity index (χ1n) is 6.78. The molecule has 0 aliphatic carbocycles. The van der Waals surface area contributed by atoms with E-state index in [2.05, 4.69) is 15.7 Å². The zero-order chi connectivity index (χ0) is 13.7. The van der Waals surface area contributed by atoms with Gasteiger partial charge in [-0.2, -0.15) is 5.10 Å². The fraction of sp³-hybridized carbons (Fsp3) is 0.692. The molecule has 6 heteroatoms. The van der Waals surface area contributed by atoms with Gasteiger partial charge in [-0.1, -0.05) is 0 Å². The van der Waals surface area contributed by atoms with E-state index in [0.29, 0.717) is 19.1 Å². The smallest absolute Gasteiger partial charge is 0.227 e. The van der Waals surface area contributed by atoms with Gasteiger partial charge in [0.15, 0.2) is 0 Å². The summed E-state index contributed by atoms with van der Waals surface area (Å²) in [6.07, 6.45) is 2.74. The van der Waals surface area contributed by atoms with Crippen molar-refractivity contribution in [1.29, 1.82) is 0 Å². The van der Waals surface area contributed by atoms with Crippen molar-refractivity contribution in [3.63, 3.8) is 0 Å². The molecule has 1 saturated heterocycles. The minimum Gasteiger partial charge on any atom is -0.378 e. The summed E-state index contributed by atoms with van der Waals surface area (Å²) in [4.78, 5) is 11.8. The van der Waals surface area contributed by atoms with Crippen LogP contribution in [0.2, 0.25) is 0 Å². The Hall–Kier alpha value is -1.40. The summed E-state index contributed by atoms with van der Waals surface area (Å²) >= 11 is 0. The average molecular weight is 266 g/mol. The van der Waals surface area contributed by atoms with Crippen LogP contribution in [0, 0.1) is 6.92 Å². The van der Waals surface area contributed by atoms with Gasteiger partial charge in [0.2, 0.25) is 5.91 Å². The molecule has 19 heavy (non-hydrogen) atoms. The minimum atomic E-state index is -0.0306. The number of hydrogen-bond acceptors (Lipinski definition) is 4. The normalized spacial score (nSPS) is 16.5. The second-order valence-corrected chi connectivity index (χ2v) is 4.91. The highest BCUT2D eigenvalue weighted by Gasteiger charge is 2.14. The van der Waals surface area contributed by atoms with Crippen molar-refractivity contribution >= 4 is 11.7 Å². The van der Waals surface area contributed by atoms with E-state index in [1.165, 1.54) is 0 Å². The number of nitrogens with one attached hydrogen (secondary N) is 2. The van der Waals surface area contributed by atoms with Crippen LogP contribution in [-0.4, -0.2) is 41.5 Å². The van der Waals surface area contributed by atoms with Crippen molar-refractivity contribution in [3.8, 4) is 0 Å². The number of amides is 1. The summed E-state index contributed by atoms with van der Waals surface area (Å²) in [5.74, 6) is 0.696. The summed E-state index contributed by atoms with van der Waals surface area (Å²) in [5, 5.41) is 10.3. The van der Waals surface area contributed by atoms with Crippen LogP contribution in [0.25, 0.3) is 0 Å². The Bertz CT molecular complexity index is 424. The summed E-state index contributed by atoms with van der Waals surface area (Å²) in [5.41, 5.74) is 0.892. The number of carbonyl (C=O) groups excluding carboxylic acids is 1. The van der Waals surface area contributed by atoms with E-state index < -0.39 is 0 Å². The lowest BCUT2D eigenvalue weighted by atomic mass is 10.1. The predicted octanol–water partition coefficient (Wildman–Crippen LogP) is 0.826. The van der Waals surface area contributed by atoms with Crippen molar-refractivity contribution in [2.24, 2.45) is 7.05 Å². The Balaban J connectivity index is 1.68. The van der Waals surface area contributed by atoms with Gasteiger partial charge in [-0.05, 0) is 32.9 Å². The average Bonchev–Trinajstić information content (AvgIpc) is 2.69. The molecule has 106 valence electrons. The molecular weight excluding hydrogens is 244 g/mol. The first kappa shape index (κ1) is 14.0. The van der Waals surface area contributed by atoms with E-state index in [1.54, 1.807) is 4.68 Å². The number of hydrogen-bond donors (Lipinski definition) is 2. The van der Waals surface area contributed by atoms with Crippen molar-refractivity contribution in [3.05, 3.63) is 11.8 Å². The van der Waals surface area contributed by atoms with Crippen molar-refractivity contribution in [2.75, 3.05) is 25.0 Å². The maximum absolute atomic E-state index is 11.8. The van der Waals surface area contributed by atoms with Crippen molar-refractivity contribution in [2.45, 2.75) is 32.3 Å². The zero-order valence-corrected chi connectivity index (χ0v) is 11.6. The topological polar surface area (TPSA) is 68.2 Å². The molecule has 1 fully saturated rings. The van der Waals surface area contributed by atoms with Gasteiger partial charge >= 0.3 is 0 Å². The lowest BCUT2D eigenvalue weighted by Gasteiger charge is -2.22. The second kappa shape index (κ2) is 6.68. The molecule has 0 spiro atoms. The van der Waals surface area contributed by atoms with E-state index in [0.717, 1.165) is 37.4 Å².